The van der Waals surface area contributed by atoms with E-state index < -0.39 is 35.0 Å². The number of nitrogens with zero attached hydrogens (tertiary/aromatic N) is 2. The van der Waals surface area contributed by atoms with E-state index in [0.717, 1.165) is 16.5 Å². The summed E-state index contributed by atoms with van der Waals surface area (Å²) in [6.45, 7) is 5.51. The number of benzene rings is 1. The van der Waals surface area contributed by atoms with E-state index in [-0.39, 0.29) is 13.1 Å². The summed E-state index contributed by atoms with van der Waals surface area (Å²) < 4.78 is 40.1. The Labute approximate surface area is 176 Å². The van der Waals surface area contributed by atoms with Crippen LogP contribution in [-0.2, 0) is 9.59 Å². The number of hydrogen-bond acceptors (Lipinski definition) is 5. The zero-order valence-corrected chi connectivity index (χ0v) is 17.6. The van der Waals surface area contributed by atoms with Gasteiger partial charge in [0.15, 0.2) is 17.5 Å². The molecule has 2 amide bonds. The summed E-state index contributed by atoms with van der Waals surface area (Å²) in [6, 6.07) is 3.70. The summed E-state index contributed by atoms with van der Waals surface area (Å²) in [5.41, 5.74) is 0.721. The fraction of sp³-hybridized carbons (Fsp3) is 0.350. The number of nitrogens with one attached hydrogen (secondary N) is 2. The number of anilines is 2. The maximum Gasteiger partial charge on any atom is 0.239 e. The molecule has 6 nitrogen and oxygen atoms in total. The Balaban J connectivity index is 2.03. The zero-order valence-electron chi connectivity index (χ0n) is 16.7. The van der Waals surface area contributed by atoms with Gasteiger partial charge in [-0.3, -0.25) is 14.5 Å². The lowest BCUT2D eigenvalue weighted by atomic mass is 10.2. The molecule has 2 N–H and O–H groups in total. The van der Waals surface area contributed by atoms with Crippen LogP contribution in [0.25, 0.3) is 0 Å². The molecule has 160 valence electrons. The second kappa shape index (κ2) is 10.2. The number of nitriles is 1. The Bertz CT molecular complexity index is 1000. The molecular formula is C20H21F3N4O2S. The summed E-state index contributed by atoms with van der Waals surface area (Å²) in [6.07, 6.45) is 0.640. The Morgan fingerprint density at radius 2 is 1.73 bits per heavy atom. The van der Waals surface area contributed by atoms with Crippen molar-refractivity contribution in [3.63, 3.8) is 0 Å². The minimum absolute atomic E-state index is 0.137. The molecule has 0 unspecified atom stereocenters. The molecule has 30 heavy (non-hydrogen) atoms. The third-order valence-electron chi connectivity index (χ3n) is 4.33. The highest BCUT2D eigenvalue weighted by Crippen LogP contribution is 2.31. The van der Waals surface area contributed by atoms with Crippen LogP contribution in [-0.4, -0.2) is 36.3 Å². The van der Waals surface area contributed by atoms with Gasteiger partial charge in [0.2, 0.25) is 11.8 Å². The average molecular weight is 438 g/mol. The van der Waals surface area contributed by atoms with Crippen LogP contribution in [0, 0.1) is 42.6 Å². The second-order valence-electron chi connectivity index (χ2n) is 6.63. The third-order valence-corrected chi connectivity index (χ3v) is 5.46. The van der Waals surface area contributed by atoms with Crippen molar-refractivity contribution in [2.24, 2.45) is 0 Å². The van der Waals surface area contributed by atoms with Crippen LogP contribution in [0.5, 0.6) is 0 Å². The van der Waals surface area contributed by atoms with Gasteiger partial charge in [-0.05, 0) is 44.5 Å². The van der Waals surface area contributed by atoms with Crippen molar-refractivity contribution < 1.29 is 22.8 Å². The number of carbonyl (C=O) groups excluding carboxylic acids is 2. The van der Waals surface area contributed by atoms with E-state index >= 15 is 0 Å². The summed E-state index contributed by atoms with van der Waals surface area (Å²) in [5, 5.41) is 14.6. The Morgan fingerprint density at radius 1 is 1.10 bits per heavy atom. The monoisotopic (exact) mass is 438 g/mol. The van der Waals surface area contributed by atoms with Gasteiger partial charge in [-0.1, -0.05) is 6.92 Å². The van der Waals surface area contributed by atoms with E-state index in [1.165, 1.54) is 16.2 Å². The van der Waals surface area contributed by atoms with Crippen molar-refractivity contribution >= 4 is 33.8 Å². The number of halogens is 3. The van der Waals surface area contributed by atoms with E-state index in [1.54, 1.807) is 6.92 Å². The number of amides is 2. The minimum Gasteiger partial charge on any atom is -0.322 e. The molecule has 0 aliphatic carbocycles. The molecule has 0 aliphatic rings. The van der Waals surface area contributed by atoms with Gasteiger partial charge >= 0.3 is 0 Å². The van der Waals surface area contributed by atoms with E-state index in [2.05, 4.69) is 16.7 Å². The van der Waals surface area contributed by atoms with E-state index in [4.69, 9.17) is 0 Å². The molecule has 0 bridgehead atoms. The zero-order chi connectivity index (χ0) is 22.4. The fourth-order valence-electron chi connectivity index (χ4n) is 2.76. The molecule has 0 atom stereocenters. The average Bonchev–Trinajstić information content (AvgIpc) is 2.95. The maximum absolute atomic E-state index is 13.7. The largest absolute Gasteiger partial charge is 0.322 e. The van der Waals surface area contributed by atoms with Gasteiger partial charge in [0.25, 0.3) is 0 Å². The molecular weight excluding hydrogens is 417 g/mol. The molecule has 1 heterocycles. The first-order valence-electron chi connectivity index (χ1n) is 9.13. The van der Waals surface area contributed by atoms with Gasteiger partial charge in [-0.15, -0.1) is 11.3 Å². The number of aryl methyl sites for hydroxylation is 1. The van der Waals surface area contributed by atoms with Crippen LogP contribution in [0.4, 0.5) is 23.9 Å². The molecule has 0 saturated carbocycles. The van der Waals surface area contributed by atoms with Crippen molar-refractivity contribution in [2.45, 2.75) is 27.2 Å². The third kappa shape index (κ3) is 5.58. The van der Waals surface area contributed by atoms with Gasteiger partial charge in [0.1, 0.15) is 11.1 Å². The summed E-state index contributed by atoms with van der Waals surface area (Å²) in [5.74, 6) is -5.61. The highest BCUT2D eigenvalue weighted by molar-refractivity contribution is 7.16. The van der Waals surface area contributed by atoms with Gasteiger partial charge < -0.3 is 10.6 Å². The van der Waals surface area contributed by atoms with E-state index in [9.17, 15) is 28.0 Å². The Hall–Kier alpha value is -2.90. The molecule has 2 rings (SSSR count). The van der Waals surface area contributed by atoms with Crippen LogP contribution >= 0.6 is 11.3 Å². The predicted octanol–water partition coefficient (Wildman–Crippen LogP) is 3.94. The minimum atomic E-state index is -1.67. The number of carbonyl (C=O) groups is 2. The Kier molecular flexibility index (Phi) is 7.97. The van der Waals surface area contributed by atoms with Gasteiger partial charge in [0, 0.05) is 4.88 Å². The first-order chi connectivity index (χ1) is 14.2. The quantitative estimate of drug-likeness (QED) is 0.612. The molecule has 2 aromatic rings. The van der Waals surface area contributed by atoms with Crippen molar-refractivity contribution in [2.75, 3.05) is 30.3 Å². The molecule has 0 fully saturated rings. The van der Waals surface area contributed by atoms with Crippen LogP contribution in [0.2, 0.25) is 0 Å². The number of hydrogen-bond donors (Lipinski definition) is 2. The van der Waals surface area contributed by atoms with Crippen molar-refractivity contribution in [3.05, 3.63) is 45.6 Å². The standard InChI is InChI=1S/C20H21F3N4O2S/c1-4-7-27(9-16(28)25-15-6-5-14(21)18(22)19(15)23)10-17(29)26-20-13(8-24)11(2)12(3)30-20/h5-6H,4,7,9-10H2,1-3H3,(H,25,28)(H,26,29). The highest BCUT2D eigenvalue weighted by atomic mass is 32.1. The number of thiophene rings is 1. The smallest absolute Gasteiger partial charge is 0.239 e. The normalized spacial score (nSPS) is 10.7. The van der Waals surface area contributed by atoms with Crippen LogP contribution in [0.1, 0.15) is 29.3 Å². The van der Waals surface area contributed by atoms with E-state index in [1.807, 2.05) is 13.8 Å². The summed E-state index contributed by atoms with van der Waals surface area (Å²) >= 11 is 1.29. The summed E-state index contributed by atoms with van der Waals surface area (Å²) in [4.78, 5) is 27.1. The van der Waals surface area contributed by atoms with E-state index in [0.29, 0.717) is 29.6 Å². The first-order valence-corrected chi connectivity index (χ1v) is 9.95. The molecule has 0 spiro atoms. The predicted molar refractivity (Wildman–Crippen MR) is 109 cm³/mol. The summed E-state index contributed by atoms with van der Waals surface area (Å²) in [7, 11) is 0. The molecule has 0 aliphatic heterocycles. The number of rotatable bonds is 8. The van der Waals surface area contributed by atoms with Gasteiger partial charge in [0.05, 0.1) is 24.3 Å². The molecule has 1 aromatic carbocycles. The fourth-order valence-corrected chi connectivity index (χ4v) is 3.79. The lowest BCUT2D eigenvalue weighted by Gasteiger charge is -2.20. The van der Waals surface area contributed by atoms with Crippen LogP contribution < -0.4 is 10.6 Å². The second-order valence-corrected chi connectivity index (χ2v) is 7.85. The lowest BCUT2D eigenvalue weighted by Crippen LogP contribution is -2.39. The van der Waals surface area contributed by atoms with Crippen molar-refractivity contribution in [1.29, 1.82) is 5.26 Å². The van der Waals surface area contributed by atoms with Crippen LogP contribution in [0.15, 0.2) is 12.1 Å². The lowest BCUT2D eigenvalue weighted by molar-refractivity contribution is -0.120. The first kappa shape index (κ1) is 23.4. The molecule has 1 aromatic heterocycles. The topological polar surface area (TPSA) is 85.2 Å². The van der Waals surface area contributed by atoms with Crippen molar-refractivity contribution in [1.82, 2.24) is 4.90 Å². The SMILES string of the molecule is CCCN(CC(=O)Nc1ccc(F)c(F)c1F)CC(=O)Nc1sc(C)c(C)c1C#N. The molecule has 0 saturated heterocycles. The Morgan fingerprint density at radius 3 is 2.33 bits per heavy atom. The maximum atomic E-state index is 13.7. The van der Waals surface area contributed by atoms with Crippen molar-refractivity contribution in [3.8, 4) is 6.07 Å². The van der Waals surface area contributed by atoms with Crippen LogP contribution in [0.3, 0.4) is 0 Å². The highest BCUT2D eigenvalue weighted by Gasteiger charge is 2.20. The molecule has 10 heteroatoms. The molecule has 0 radical (unpaired) electrons. The van der Waals surface area contributed by atoms with Gasteiger partial charge in [-0.25, -0.2) is 13.2 Å². The van der Waals surface area contributed by atoms with Gasteiger partial charge in [-0.2, -0.15) is 5.26 Å².